The number of benzene rings is 1. The summed E-state index contributed by atoms with van der Waals surface area (Å²) in [6.07, 6.45) is 1.07. The molecule has 0 radical (unpaired) electrons. The highest BCUT2D eigenvalue weighted by molar-refractivity contribution is 6.39. The Balaban J connectivity index is 1.64. The van der Waals surface area contributed by atoms with Crippen LogP contribution in [0.4, 0.5) is 8.78 Å². The lowest BCUT2D eigenvalue weighted by molar-refractivity contribution is -0.124. The molecule has 1 aromatic rings. The number of halogens is 2. The molecule has 1 N–H and O–H groups in total. The summed E-state index contributed by atoms with van der Waals surface area (Å²) in [6, 6.07) is 3.05. The molecule has 2 aliphatic rings. The molecule has 1 aromatic carbocycles. The van der Waals surface area contributed by atoms with Gasteiger partial charge in [-0.05, 0) is 24.6 Å². The van der Waals surface area contributed by atoms with E-state index in [1.807, 2.05) is 0 Å². The third-order valence-electron chi connectivity index (χ3n) is 4.39. The molecule has 2 heterocycles. The second-order valence-corrected chi connectivity index (χ2v) is 6.16. The average Bonchev–Trinajstić information content (AvgIpc) is 2.89. The molecule has 0 unspecified atom stereocenters. The summed E-state index contributed by atoms with van der Waals surface area (Å²) in [5.41, 5.74) is 2.67. The zero-order valence-corrected chi connectivity index (χ0v) is 14.0. The zero-order valence-electron chi connectivity index (χ0n) is 14.0. The lowest BCUT2D eigenvalue weighted by atomic mass is 10.1. The summed E-state index contributed by atoms with van der Waals surface area (Å²) in [5.74, 6) is -2.96. The van der Waals surface area contributed by atoms with Crippen LogP contribution in [0.3, 0.4) is 0 Å². The van der Waals surface area contributed by atoms with Gasteiger partial charge in [-0.25, -0.2) is 14.2 Å². The molecular weight excluding hydrogens is 346 g/mol. The number of hydrogen-bond acceptors (Lipinski definition) is 4. The van der Waals surface area contributed by atoms with Crippen LogP contribution in [0, 0.1) is 11.6 Å². The first kappa shape index (κ1) is 18.0. The third kappa shape index (κ3) is 3.87. The second-order valence-electron chi connectivity index (χ2n) is 6.16. The molecule has 7 nitrogen and oxygen atoms in total. The maximum absolute atomic E-state index is 13.3. The Bertz CT molecular complexity index is 781. The lowest BCUT2D eigenvalue weighted by Crippen LogP contribution is -2.42. The van der Waals surface area contributed by atoms with Crippen molar-refractivity contribution in [2.45, 2.75) is 19.3 Å². The van der Waals surface area contributed by atoms with E-state index in [0.717, 1.165) is 12.1 Å². The van der Waals surface area contributed by atoms with E-state index in [-0.39, 0.29) is 30.3 Å². The molecule has 0 spiro atoms. The van der Waals surface area contributed by atoms with Crippen LogP contribution in [0.25, 0.3) is 0 Å². The highest BCUT2D eigenvalue weighted by Crippen LogP contribution is 2.14. The van der Waals surface area contributed by atoms with Crippen molar-refractivity contribution >= 4 is 23.4 Å². The summed E-state index contributed by atoms with van der Waals surface area (Å²) >= 11 is 0. The van der Waals surface area contributed by atoms with Crippen molar-refractivity contribution in [2.24, 2.45) is 5.10 Å². The molecule has 3 amide bonds. The number of hydrazone groups is 1. The van der Waals surface area contributed by atoms with E-state index in [2.05, 4.69) is 10.5 Å². The lowest BCUT2D eigenvalue weighted by Gasteiger charge is -2.23. The number of hydrogen-bond donors (Lipinski definition) is 1. The van der Waals surface area contributed by atoms with Gasteiger partial charge in [0.25, 0.3) is 11.8 Å². The van der Waals surface area contributed by atoms with Gasteiger partial charge in [-0.1, -0.05) is 0 Å². The van der Waals surface area contributed by atoms with Crippen LogP contribution < -0.4 is 5.43 Å². The van der Waals surface area contributed by atoms with Crippen molar-refractivity contribution in [2.75, 3.05) is 26.2 Å². The molecule has 0 saturated carbocycles. The number of carbonyl (C=O) groups excluding carboxylic acids is 3. The maximum Gasteiger partial charge on any atom is 0.270 e. The highest BCUT2D eigenvalue weighted by atomic mass is 19.2. The van der Waals surface area contributed by atoms with Crippen LogP contribution in [-0.2, 0) is 9.59 Å². The van der Waals surface area contributed by atoms with Crippen molar-refractivity contribution in [3.8, 4) is 0 Å². The first-order valence-corrected chi connectivity index (χ1v) is 8.34. The Morgan fingerprint density at radius 3 is 2.27 bits per heavy atom. The van der Waals surface area contributed by atoms with Crippen molar-refractivity contribution in [3.05, 3.63) is 35.4 Å². The fraction of sp³-hybridized carbons (Fsp3) is 0.412. The van der Waals surface area contributed by atoms with Crippen LogP contribution in [0.2, 0.25) is 0 Å². The van der Waals surface area contributed by atoms with Crippen LogP contribution in [0.15, 0.2) is 23.3 Å². The number of amides is 3. The average molecular weight is 364 g/mol. The monoisotopic (exact) mass is 364 g/mol. The minimum atomic E-state index is -1.07. The molecule has 0 aliphatic carbocycles. The minimum absolute atomic E-state index is 0.0723. The van der Waals surface area contributed by atoms with Gasteiger partial charge in [-0.2, -0.15) is 5.10 Å². The molecule has 1 fully saturated rings. The van der Waals surface area contributed by atoms with Gasteiger partial charge >= 0.3 is 0 Å². The van der Waals surface area contributed by atoms with Gasteiger partial charge in [0.1, 0.15) is 5.71 Å². The normalized spacial score (nSPS) is 18.1. The standard InChI is InChI=1S/C17H18F2N4O3/c18-12-3-2-11(10-13(12)19)16(25)22-6-1-7-23(9-8-22)17(26)14-4-5-15(24)21-20-14/h2-3,10H,1,4-9H2,(H,21,24). The van der Waals surface area contributed by atoms with Crippen molar-refractivity contribution in [1.29, 1.82) is 0 Å². The topological polar surface area (TPSA) is 82.1 Å². The van der Waals surface area contributed by atoms with E-state index in [0.29, 0.717) is 38.2 Å². The maximum atomic E-state index is 13.3. The quantitative estimate of drug-likeness (QED) is 0.847. The van der Waals surface area contributed by atoms with Gasteiger partial charge < -0.3 is 9.80 Å². The molecule has 138 valence electrons. The van der Waals surface area contributed by atoms with E-state index in [1.54, 1.807) is 4.90 Å². The summed E-state index contributed by atoms with van der Waals surface area (Å²) in [6.45, 7) is 1.45. The van der Waals surface area contributed by atoms with Crippen LogP contribution >= 0.6 is 0 Å². The Kier molecular flexibility index (Phi) is 5.24. The minimum Gasteiger partial charge on any atom is -0.337 e. The van der Waals surface area contributed by atoms with Crippen molar-refractivity contribution in [3.63, 3.8) is 0 Å². The molecule has 2 aliphatic heterocycles. The zero-order chi connectivity index (χ0) is 18.7. The predicted molar refractivity (Wildman–Crippen MR) is 88.3 cm³/mol. The Morgan fingerprint density at radius 1 is 0.962 bits per heavy atom. The summed E-state index contributed by atoms with van der Waals surface area (Å²) in [5, 5.41) is 3.80. The summed E-state index contributed by atoms with van der Waals surface area (Å²) in [4.78, 5) is 39.2. The SMILES string of the molecule is O=C1CCC(C(=O)N2CCCN(C(=O)c3ccc(F)c(F)c3)CC2)=NN1. The molecule has 3 rings (SSSR count). The molecule has 9 heteroatoms. The summed E-state index contributed by atoms with van der Waals surface area (Å²) in [7, 11) is 0. The van der Waals surface area contributed by atoms with Crippen LogP contribution in [-0.4, -0.2) is 59.4 Å². The van der Waals surface area contributed by atoms with E-state index in [9.17, 15) is 23.2 Å². The van der Waals surface area contributed by atoms with Gasteiger partial charge in [0.15, 0.2) is 11.6 Å². The van der Waals surface area contributed by atoms with Gasteiger partial charge in [0, 0.05) is 44.6 Å². The fourth-order valence-electron chi connectivity index (χ4n) is 2.95. The third-order valence-corrected chi connectivity index (χ3v) is 4.39. The van der Waals surface area contributed by atoms with Gasteiger partial charge in [-0.15, -0.1) is 0 Å². The molecule has 26 heavy (non-hydrogen) atoms. The fourth-order valence-corrected chi connectivity index (χ4v) is 2.95. The van der Waals surface area contributed by atoms with Crippen LogP contribution in [0.5, 0.6) is 0 Å². The van der Waals surface area contributed by atoms with Crippen molar-refractivity contribution in [1.82, 2.24) is 15.2 Å². The van der Waals surface area contributed by atoms with E-state index < -0.39 is 17.5 Å². The Morgan fingerprint density at radius 2 is 1.65 bits per heavy atom. The smallest absolute Gasteiger partial charge is 0.270 e. The Labute approximate surface area is 148 Å². The second kappa shape index (κ2) is 7.59. The first-order chi connectivity index (χ1) is 12.5. The van der Waals surface area contributed by atoms with E-state index >= 15 is 0 Å². The number of nitrogens with one attached hydrogen (secondary N) is 1. The molecule has 0 bridgehead atoms. The summed E-state index contributed by atoms with van der Waals surface area (Å²) < 4.78 is 26.4. The molecule has 1 saturated heterocycles. The van der Waals surface area contributed by atoms with E-state index in [1.165, 1.54) is 11.0 Å². The Hall–Kier alpha value is -2.84. The molecular formula is C17H18F2N4O3. The van der Waals surface area contributed by atoms with Crippen molar-refractivity contribution < 1.29 is 23.2 Å². The van der Waals surface area contributed by atoms with Gasteiger partial charge in [0.05, 0.1) is 0 Å². The number of rotatable bonds is 2. The molecule has 0 aromatic heterocycles. The largest absolute Gasteiger partial charge is 0.337 e. The first-order valence-electron chi connectivity index (χ1n) is 8.34. The number of carbonyl (C=O) groups is 3. The van der Waals surface area contributed by atoms with E-state index in [4.69, 9.17) is 0 Å². The number of nitrogens with zero attached hydrogens (tertiary/aromatic N) is 3. The van der Waals surface area contributed by atoms with Gasteiger partial charge in [-0.3, -0.25) is 14.4 Å². The predicted octanol–water partition coefficient (Wildman–Crippen LogP) is 0.905. The van der Waals surface area contributed by atoms with Crippen LogP contribution in [0.1, 0.15) is 29.6 Å². The molecule has 0 atom stereocenters. The van der Waals surface area contributed by atoms with Gasteiger partial charge in [0.2, 0.25) is 5.91 Å². The highest BCUT2D eigenvalue weighted by Gasteiger charge is 2.27.